The van der Waals surface area contributed by atoms with Gasteiger partial charge in [0.05, 0.1) is 12.8 Å². The van der Waals surface area contributed by atoms with Crippen molar-refractivity contribution in [2.75, 3.05) is 12.0 Å². The summed E-state index contributed by atoms with van der Waals surface area (Å²) in [6.45, 7) is 4.83. The lowest BCUT2D eigenvalue weighted by atomic mass is 10.1. The molecule has 0 aliphatic heterocycles. The molecular weight excluding hydrogens is 262 g/mol. The van der Waals surface area contributed by atoms with Crippen LogP contribution in [0.15, 0.2) is 18.2 Å². The second kappa shape index (κ2) is 6.18. The number of aryl methyl sites for hydroxylation is 2. The molecule has 1 rings (SSSR count). The van der Waals surface area contributed by atoms with Gasteiger partial charge >= 0.3 is 17.8 Å². The Morgan fingerprint density at radius 1 is 1.20 bits per heavy atom. The van der Waals surface area contributed by atoms with Crippen molar-refractivity contribution in [3.63, 3.8) is 0 Å². The Morgan fingerprint density at radius 2 is 1.70 bits per heavy atom. The van der Waals surface area contributed by atoms with Crippen LogP contribution in [0, 0.1) is 13.8 Å². The van der Waals surface area contributed by atoms with E-state index in [1.807, 2.05) is 0 Å². The van der Waals surface area contributed by atoms with Crippen LogP contribution in [0.1, 0.15) is 18.1 Å². The number of carbonyl (C=O) groups excluding carboxylic acids is 2. The smallest absolute Gasteiger partial charge is 0.397 e. The van der Waals surface area contributed by atoms with E-state index in [1.165, 1.54) is 6.92 Å². The minimum atomic E-state index is -1.20. The Morgan fingerprint density at radius 3 is 2.10 bits per heavy atom. The normalized spacial score (nSPS) is 11.6. The highest BCUT2D eigenvalue weighted by Gasteiger charge is 2.33. The number of ether oxygens (including phenoxy) is 1. The van der Waals surface area contributed by atoms with Gasteiger partial charge in [-0.05, 0) is 31.9 Å². The average molecular weight is 279 g/mol. The molecule has 0 spiro atoms. The van der Waals surface area contributed by atoms with E-state index < -0.39 is 23.9 Å². The maximum Gasteiger partial charge on any atom is 0.397 e. The molecule has 1 amide bonds. The first kappa shape index (κ1) is 15.7. The molecule has 6 nitrogen and oxygen atoms in total. The van der Waals surface area contributed by atoms with Crippen LogP contribution in [-0.4, -0.2) is 36.1 Å². The lowest BCUT2D eigenvalue weighted by molar-refractivity contribution is -0.152. The van der Waals surface area contributed by atoms with Crippen LogP contribution >= 0.6 is 0 Å². The highest BCUT2D eigenvalue weighted by atomic mass is 16.5. The van der Waals surface area contributed by atoms with Crippen molar-refractivity contribution in [1.82, 2.24) is 0 Å². The van der Waals surface area contributed by atoms with Crippen molar-refractivity contribution in [2.24, 2.45) is 0 Å². The lowest BCUT2D eigenvalue weighted by Crippen LogP contribution is -2.47. The third kappa shape index (κ3) is 2.96. The molecule has 0 radical (unpaired) electrons. The summed E-state index contributed by atoms with van der Waals surface area (Å²) in [4.78, 5) is 35.7. The van der Waals surface area contributed by atoms with Crippen LogP contribution in [0.4, 0.5) is 5.69 Å². The SMILES string of the molecule is COC(=O)C(=O)N(c1c(C)cccc1C)[C@@H](C)C(=O)O. The molecule has 20 heavy (non-hydrogen) atoms. The van der Waals surface area contributed by atoms with E-state index in [9.17, 15) is 14.4 Å². The molecule has 0 heterocycles. The van der Waals surface area contributed by atoms with E-state index in [0.29, 0.717) is 16.8 Å². The molecule has 1 aromatic carbocycles. The standard InChI is InChI=1S/C14H17NO5/c1-8-6-5-7-9(2)11(8)15(10(3)13(17)18)12(16)14(19)20-4/h5-7,10H,1-4H3,(H,17,18)/t10-/m0/s1. The van der Waals surface area contributed by atoms with E-state index in [4.69, 9.17) is 5.11 Å². The van der Waals surface area contributed by atoms with Gasteiger partial charge in [0, 0.05) is 0 Å². The van der Waals surface area contributed by atoms with Gasteiger partial charge in [0.25, 0.3) is 0 Å². The number of methoxy groups -OCH3 is 1. The van der Waals surface area contributed by atoms with Gasteiger partial charge in [-0.2, -0.15) is 0 Å². The monoisotopic (exact) mass is 279 g/mol. The highest BCUT2D eigenvalue weighted by molar-refractivity contribution is 6.39. The van der Waals surface area contributed by atoms with E-state index in [2.05, 4.69) is 4.74 Å². The first-order chi connectivity index (χ1) is 9.31. The molecule has 0 aliphatic carbocycles. The number of benzene rings is 1. The highest BCUT2D eigenvalue weighted by Crippen LogP contribution is 2.27. The van der Waals surface area contributed by atoms with E-state index in [1.54, 1.807) is 32.0 Å². The molecule has 0 bridgehead atoms. The zero-order chi connectivity index (χ0) is 15.4. The number of carboxylic acids is 1. The largest absolute Gasteiger partial charge is 0.480 e. The van der Waals surface area contributed by atoms with Crippen LogP contribution < -0.4 is 4.90 Å². The number of carboxylic acid groups (broad SMARTS) is 1. The Labute approximate surface area is 117 Å². The first-order valence-electron chi connectivity index (χ1n) is 6.01. The zero-order valence-electron chi connectivity index (χ0n) is 11.8. The Kier molecular flexibility index (Phi) is 4.85. The topological polar surface area (TPSA) is 83.9 Å². The number of hydrogen-bond donors (Lipinski definition) is 1. The number of carbonyl (C=O) groups is 3. The van der Waals surface area contributed by atoms with Crippen molar-refractivity contribution in [3.05, 3.63) is 29.3 Å². The van der Waals surface area contributed by atoms with Crippen molar-refractivity contribution >= 4 is 23.5 Å². The summed E-state index contributed by atoms with van der Waals surface area (Å²) in [6.07, 6.45) is 0. The molecule has 1 atom stereocenters. The van der Waals surface area contributed by atoms with Crippen LogP contribution in [0.5, 0.6) is 0 Å². The summed E-state index contributed by atoms with van der Waals surface area (Å²) in [7, 11) is 1.08. The number of amides is 1. The number of aliphatic carboxylic acids is 1. The van der Waals surface area contributed by atoms with Gasteiger partial charge in [-0.3, -0.25) is 9.69 Å². The molecular formula is C14H17NO5. The quantitative estimate of drug-likeness (QED) is 0.665. The number of hydrogen-bond acceptors (Lipinski definition) is 4. The molecule has 108 valence electrons. The minimum absolute atomic E-state index is 0.415. The summed E-state index contributed by atoms with van der Waals surface area (Å²) >= 11 is 0. The molecule has 0 saturated carbocycles. The van der Waals surface area contributed by atoms with E-state index in [-0.39, 0.29) is 0 Å². The number of rotatable bonds is 3. The second-order valence-corrected chi connectivity index (χ2v) is 4.42. The van der Waals surface area contributed by atoms with Crippen molar-refractivity contribution in [1.29, 1.82) is 0 Å². The fourth-order valence-corrected chi connectivity index (χ4v) is 1.95. The molecule has 0 fully saturated rings. The molecule has 0 aliphatic rings. The van der Waals surface area contributed by atoms with Crippen molar-refractivity contribution in [3.8, 4) is 0 Å². The molecule has 6 heteroatoms. The van der Waals surface area contributed by atoms with Gasteiger partial charge in [0.15, 0.2) is 0 Å². The third-order valence-corrected chi connectivity index (χ3v) is 3.00. The molecule has 0 unspecified atom stereocenters. The number of para-hydroxylation sites is 1. The maximum atomic E-state index is 12.1. The summed E-state index contributed by atoms with van der Waals surface area (Å²) in [5, 5.41) is 9.15. The second-order valence-electron chi connectivity index (χ2n) is 4.42. The van der Waals surface area contributed by atoms with Crippen LogP contribution in [-0.2, 0) is 19.1 Å². The van der Waals surface area contributed by atoms with E-state index in [0.717, 1.165) is 12.0 Å². The number of esters is 1. The molecule has 1 aromatic rings. The Hall–Kier alpha value is -2.37. The first-order valence-corrected chi connectivity index (χ1v) is 6.01. The van der Waals surface area contributed by atoms with Crippen molar-refractivity contribution < 1.29 is 24.2 Å². The predicted octanol–water partition coefficient (Wildman–Crippen LogP) is 1.28. The van der Waals surface area contributed by atoms with Gasteiger partial charge in [-0.15, -0.1) is 0 Å². The third-order valence-electron chi connectivity index (χ3n) is 3.00. The molecule has 0 aromatic heterocycles. The van der Waals surface area contributed by atoms with E-state index >= 15 is 0 Å². The van der Waals surface area contributed by atoms with Crippen LogP contribution in [0.3, 0.4) is 0 Å². The summed E-state index contributed by atoms with van der Waals surface area (Å²) in [6, 6.07) is 4.10. The Balaban J connectivity index is 3.42. The maximum absolute atomic E-state index is 12.1. The fourth-order valence-electron chi connectivity index (χ4n) is 1.95. The summed E-state index contributed by atoms with van der Waals surface area (Å²) in [5.74, 6) is -3.30. The minimum Gasteiger partial charge on any atom is -0.480 e. The van der Waals surface area contributed by atoms with Gasteiger partial charge in [-0.1, -0.05) is 18.2 Å². The van der Waals surface area contributed by atoms with Gasteiger partial charge in [0.1, 0.15) is 6.04 Å². The Bertz CT molecular complexity index is 532. The summed E-state index contributed by atoms with van der Waals surface area (Å²) < 4.78 is 4.40. The van der Waals surface area contributed by atoms with Gasteiger partial charge < -0.3 is 9.84 Å². The van der Waals surface area contributed by atoms with Crippen LogP contribution in [0.25, 0.3) is 0 Å². The van der Waals surface area contributed by atoms with Gasteiger partial charge in [0.2, 0.25) is 0 Å². The van der Waals surface area contributed by atoms with Crippen LogP contribution in [0.2, 0.25) is 0 Å². The number of anilines is 1. The average Bonchev–Trinajstić information content (AvgIpc) is 2.40. The van der Waals surface area contributed by atoms with Crippen molar-refractivity contribution in [2.45, 2.75) is 26.8 Å². The molecule has 0 saturated heterocycles. The lowest BCUT2D eigenvalue weighted by Gasteiger charge is -2.28. The fraction of sp³-hybridized carbons (Fsp3) is 0.357. The zero-order valence-corrected chi connectivity index (χ0v) is 11.8. The summed E-state index contributed by atoms with van der Waals surface area (Å²) in [5.41, 5.74) is 1.82. The van der Waals surface area contributed by atoms with Gasteiger partial charge in [-0.25, -0.2) is 9.59 Å². The predicted molar refractivity (Wildman–Crippen MR) is 72.5 cm³/mol. The number of nitrogens with zero attached hydrogens (tertiary/aromatic N) is 1. The molecule has 1 N–H and O–H groups in total.